The van der Waals surface area contributed by atoms with E-state index in [1.54, 1.807) is 6.26 Å². The summed E-state index contributed by atoms with van der Waals surface area (Å²) in [5, 5.41) is 2.80. The van der Waals surface area contributed by atoms with Crippen LogP contribution in [0.2, 0.25) is 0 Å². The molecule has 1 N–H and O–H groups in total. The largest absolute Gasteiger partial charge is 0.482 e. The molecule has 4 nitrogen and oxygen atoms in total. The summed E-state index contributed by atoms with van der Waals surface area (Å²) < 4.78 is 10.8. The molecule has 98 valence electrons. The van der Waals surface area contributed by atoms with E-state index < -0.39 is 0 Å². The fourth-order valence-electron chi connectivity index (χ4n) is 2.05. The fraction of sp³-hybridized carbons (Fsp3) is 0.214. The second kappa shape index (κ2) is 4.74. The van der Waals surface area contributed by atoms with Gasteiger partial charge in [-0.15, -0.1) is 0 Å². The van der Waals surface area contributed by atoms with Crippen molar-refractivity contribution < 1.29 is 13.9 Å². The molecule has 5 heteroatoms. The number of rotatable bonds is 2. The molecule has 0 saturated carbocycles. The Bertz CT molecular complexity index is 635. The highest BCUT2D eigenvalue weighted by Crippen LogP contribution is 2.37. The van der Waals surface area contributed by atoms with E-state index in [4.69, 9.17) is 9.15 Å². The lowest BCUT2D eigenvalue weighted by Crippen LogP contribution is -2.25. The van der Waals surface area contributed by atoms with Crippen molar-refractivity contribution in [1.29, 1.82) is 0 Å². The van der Waals surface area contributed by atoms with Crippen LogP contribution in [0, 0.1) is 6.92 Å². The average molecular weight is 322 g/mol. The number of furan rings is 1. The first kappa shape index (κ1) is 12.3. The van der Waals surface area contributed by atoms with Gasteiger partial charge in [-0.2, -0.15) is 0 Å². The van der Waals surface area contributed by atoms with Gasteiger partial charge in [0.25, 0.3) is 5.91 Å². The molecule has 0 saturated heterocycles. The number of carbonyl (C=O) groups is 1. The van der Waals surface area contributed by atoms with Crippen LogP contribution in [-0.2, 0) is 4.79 Å². The highest BCUT2D eigenvalue weighted by Gasteiger charge is 2.20. The first-order chi connectivity index (χ1) is 9.15. The highest BCUT2D eigenvalue weighted by atomic mass is 79.9. The van der Waals surface area contributed by atoms with Crippen molar-refractivity contribution in [3.8, 4) is 5.75 Å². The van der Waals surface area contributed by atoms with Crippen LogP contribution in [0.1, 0.15) is 21.7 Å². The van der Waals surface area contributed by atoms with Crippen molar-refractivity contribution >= 4 is 27.5 Å². The van der Waals surface area contributed by atoms with Gasteiger partial charge >= 0.3 is 0 Å². The van der Waals surface area contributed by atoms with E-state index >= 15 is 0 Å². The third kappa shape index (κ3) is 2.26. The van der Waals surface area contributed by atoms with Gasteiger partial charge in [0.2, 0.25) is 0 Å². The van der Waals surface area contributed by atoms with E-state index in [9.17, 15) is 4.79 Å². The van der Waals surface area contributed by atoms with Gasteiger partial charge in [0.05, 0.1) is 16.8 Å². The quantitative estimate of drug-likeness (QED) is 0.862. The smallest absolute Gasteiger partial charge is 0.262 e. The van der Waals surface area contributed by atoms with E-state index in [0.717, 1.165) is 16.9 Å². The maximum absolute atomic E-state index is 11.3. The molecule has 2 heterocycles. The molecular formula is C14H12BrNO3. The number of hydrogen-bond donors (Lipinski definition) is 1. The first-order valence-electron chi connectivity index (χ1n) is 5.90. The summed E-state index contributed by atoms with van der Waals surface area (Å²) in [4.78, 5) is 11.3. The molecular weight excluding hydrogens is 310 g/mol. The summed E-state index contributed by atoms with van der Waals surface area (Å²) >= 11 is 3.62. The Hall–Kier alpha value is -1.75. The summed E-state index contributed by atoms with van der Waals surface area (Å²) in [5.74, 6) is 1.42. The van der Waals surface area contributed by atoms with Crippen LogP contribution in [0.15, 0.2) is 34.9 Å². The zero-order valence-corrected chi connectivity index (χ0v) is 11.9. The van der Waals surface area contributed by atoms with Crippen molar-refractivity contribution in [3.05, 3.63) is 47.4 Å². The number of fused-ring (bicyclic) bond motifs is 1. The number of halogens is 1. The number of nitrogens with one attached hydrogen (secondary N) is 1. The van der Waals surface area contributed by atoms with Crippen LogP contribution in [0.25, 0.3) is 0 Å². The second-order valence-corrected chi connectivity index (χ2v) is 5.34. The lowest BCUT2D eigenvalue weighted by molar-refractivity contribution is -0.118. The number of amides is 1. The predicted molar refractivity (Wildman–Crippen MR) is 74.8 cm³/mol. The zero-order valence-electron chi connectivity index (χ0n) is 10.3. The number of ether oxygens (including phenoxy) is 1. The highest BCUT2D eigenvalue weighted by molar-refractivity contribution is 9.09. The molecule has 0 bridgehead atoms. The van der Waals surface area contributed by atoms with Gasteiger partial charge in [0, 0.05) is 0 Å². The summed E-state index contributed by atoms with van der Waals surface area (Å²) in [6.07, 6.45) is 1.67. The van der Waals surface area contributed by atoms with Gasteiger partial charge in [-0.05, 0) is 36.2 Å². The molecule has 1 aromatic heterocycles. The van der Waals surface area contributed by atoms with Crippen molar-refractivity contribution in [2.75, 3.05) is 11.9 Å². The van der Waals surface area contributed by atoms with E-state index in [1.807, 2.05) is 31.2 Å². The van der Waals surface area contributed by atoms with E-state index in [-0.39, 0.29) is 17.3 Å². The zero-order chi connectivity index (χ0) is 13.4. The number of aryl methyl sites for hydroxylation is 1. The van der Waals surface area contributed by atoms with Gasteiger partial charge in [-0.3, -0.25) is 4.79 Å². The summed E-state index contributed by atoms with van der Waals surface area (Å²) in [7, 11) is 0. The van der Waals surface area contributed by atoms with Crippen molar-refractivity contribution in [1.82, 2.24) is 0 Å². The summed E-state index contributed by atoms with van der Waals surface area (Å²) in [5.41, 5.74) is 2.78. The molecule has 1 atom stereocenters. The van der Waals surface area contributed by atoms with Gasteiger partial charge in [0.1, 0.15) is 11.5 Å². The lowest BCUT2D eigenvalue weighted by atomic mass is 10.1. The normalized spacial score (nSPS) is 15.4. The number of carbonyl (C=O) groups excluding carboxylic acids is 1. The molecule has 0 aliphatic carbocycles. The van der Waals surface area contributed by atoms with Gasteiger partial charge < -0.3 is 14.5 Å². The van der Waals surface area contributed by atoms with Gasteiger partial charge in [-0.25, -0.2) is 0 Å². The molecule has 1 amide bonds. The van der Waals surface area contributed by atoms with Crippen molar-refractivity contribution in [2.45, 2.75) is 11.8 Å². The molecule has 1 aliphatic rings. The standard InChI is InChI=1S/C14H12BrNO3/c1-8-4-5-18-14(8)13(15)9-2-3-11-10(6-9)16-12(17)7-19-11/h2-6,13H,7H2,1H3,(H,16,17). The van der Waals surface area contributed by atoms with E-state index in [2.05, 4.69) is 21.2 Å². The molecule has 1 unspecified atom stereocenters. The lowest BCUT2D eigenvalue weighted by Gasteiger charge is -2.19. The Morgan fingerprint density at radius 1 is 1.37 bits per heavy atom. The third-order valence-electron chi connectivity index (χ3n) is 3.06. The maximum Gasteiger partial charge on any atom is 0.262 e. The fourth-order valence-corrected chi connectivity index (χ4v) is 2.81. The van der Waals surface area contributed by atoms with Crippen LogP contribution >= 0.6 is 15.9 Å². The van der Waals surface area contributed by atoms with Crippen LogP contribution in [0.4, 0.5) is 5.69 Å². The van der Waals surface area contributed by atoms with Gasteiger partial charge in [-0.1, -0.05) is 22.0 Å². The van der Waals surface area contributed by atoms with Gasteiger partial charge in [0.15, 0.2) is 6.61 Å². The van der Waals surface area contributed by atoms with Crippen LogP contribution < -0.4 is 10.1 Å². The molecule has 0 fully saturated rings. The molecule has 0 spiro atoms. The number of hydrogen-bond acceptors (Lipinski definition) is 3. The maximum atomic E-state index is 11.3. The minimum Gasteiger partial charge on any atom is -0.482 e. The van der Waals surface area contributed by atoms with E-state index in [0.29, 0.717) is 11.4 Å². The molecule has 1 aromatic carbocycles. The minimum absolute atomic E-state index is 0.0494. The third-order valence-corrected chi connectivity index (χ3v) is 4.01. The Morgan fingerprint density at radius 2 is 2.21 bits per heavy atom. The Balaban J connectivity index is 1.96. The second-order valence-electron chi connectivity index (χ2n) is 4.42. The number of alkyl halides is 1. The van der Waals surface area contributed by atoms with Crippen molar-refractivity contribution in [2.24, 2.45) is 0 Å². The first-order valence-corrected chi connectivity index (χ1v) is 6.81. The summed E-state index contributed by atoms with van der Waals surface area (Å²) in [6, 6.07) is 7.63. The molecule has 19 heavy (non-hydrogen) atoms. The average Bonchev–Trinajstić information content (AvgIpc) is 2.83. The molecule has 1 aliphatic heterocycles. The molecule has 0 radical (unpaired) electrons. The Labute approximate surface area is 118 Å². The van der Waals surface area contributed by atoms with E-state index in [1.165, 1.54) is 0 Å². The Kier molecular flexibility index (Phi) is 3.06. The molecule has 2 aromatic rings. The van der Waals surface area contributed by atoms with Crippen molar-refractivity contribution in [3.63, 3.8) is 0 Å². The van der Waals surface area contributed by atoms with Crippen LogP contribution in [0.5, 0.6) is 5.75 Å². The van der Waals surface area contributed by atoms with Crippen LogP contribution in [0.3, 0.4) is 0 Å². The predicted octanol–water partition coefficient (Wildman–Crippen LogP) is 3.40. The summed E-state index contributed by atoms with van der Waals surface area (Å²) in [6.45, 7) is 2.07. The SMILES string of the molecule is Cc1ccoc1C(Br)c1ccc2c(c1)NC(=O)CO2. The minimum atomic E-state index is -0.134. The topological polar surface area (TPSA) is 51.5 Å². The Morgan fingerprint density at radius 3 is 2.95 bits per heavy atom. The van der Waals surface area contributed by atoms with Crippen LogP contribution in [-0.4, -0.2) is 12.5 Å². The number of benzene rings is 1. The number of anilines is 1. The monoisotopic (exact) mass is 321 g/mol. The molecule has 3 rings (SSSR count).